The molecule has 1 aromatic carbocycles. The van der Waals surface area contributed by atoms with E-state index in [1.807, 2.05) is 25.2 Å². The maximum absolute atomic E-state index is 5.88. The lowest BCUT2D eigenvalue weighted by atomic mass is 9.99. The Morgan fingerprint density at radius 3 is 2.85 bits per heavy atom. The number of nitrogens with one attached hydrogen (secondary N) is 1. The molecule has 0 bridgehead atoms. The predicted octanol–water partition coefficient (Wildman–Crippen LogP) is 1.60. The van der Waals surface area contributed by atoms with Crippen LogP contribution in [0.1, 0.15) is 11.5 Å². The molecule has 0 amide bonds. The van der Waals surface area contributed by atoms with Crippen LogP contribution >= 0.6 is 11.6 Å². The van der Waals surface area contributed by atoms with Crippen molar-refractivity contribution in [3.63, 3.8) is 0 Å². The lowest BCUT2D eigenvalue weighted by Crippen LogP contribution is -2.23. The van der Waals surface area contributed by atoms with E-state index in [2.05, 4.69) is 11.4 Å². The normalized spacial score (nSPS) is 12.8. The molecule has 0 saturated heterocycles. The van der Waals surface area contributed by atoms with Crippen LogP contribution in [0.3, 0.4) is 0 Å². The van der Waals surface area contributed by atoms with E-state index in [1.165, 1.54) is 5.56 Å². The summed E-state index contributed by atoms with van der Waals surface area (Å²) in [5, 5.41) is 3.88. The first-order valence-corrected chi connectivity index (χ1v) is 4.76. The lowest BCUT2D eigenvalue weighted by Gasteiger charge is -2.14. The molecule has 0 heterocycles. The summed E-state index contributed by atoms with van der Waals surface area (Å²) < 4.78 is 0. The first-order chi connectivity index (χ1) is 6.27. The van der Waals surface area contributed by atoms with Crippen LogP contribution in [-0.4, -0.2) is 20.1 Å². The first kappa shape index (κ1) is 10.5. The highest BCUT2D eigenvalue weighted by molar-refractivity contribution is 6.30. The van der Waals surface area contributed by atoms with Crippen LogP contribution in [0.5, 0.6) is 0 Å². The van der Waals surface area contributed by atoms with E-state index < -0.39 is 0 Å². The van der Waals surface area contributed by atoms with Crippen molar-refractivity contribution < 1.29 is 0 Å². The lowest BCUT2D eigenvalue weighted by molar-refractivity contribution is 0.637. The number of halogens is 1. The second-order valence-electron chi connectivity index (χ2n) is 3.05. The van der Waals surface area contributed by atoms with Gasteiger partial charge in [-0.15, -0.1) is 0 Å². The standard InChI is InChI=1S/C10H15ClN2/c1-13-7-9(6-12)8-3-2-4-10(11)5-8/h2-5,9,13H,6-7,12H2,1H3. The van der Waals surface area contributed by atoms with Gasteiger partial charge in [-0.3, -0.25) is 0 Å². The molecule has 0 aliphatic carbocycles. The molecule has 72 valence electrons. The van der Waals surface area contributed by atoms with Crippen LogP contribution in [0.4, 0.5) is 0 Å². The number of hydrogen-bond donors (Lipinski definition) is 2. The highest BCUT2D eigenvalue weighted by atomic mass is 35.5. The Labute approximate surface area is 84.1 Å². The van der Waals surface area contributed by atoms with Crippen LogP contribution in [0, 0.1) is 0 Å². The molecule has 1 rings (SSSR count). The number of nitrogens with two attached hydrogens (primary N) is 1. The Kier molecular flexibility index (Phi) is 4.22. The minimum Gasteiger partial charge on any atom is -0.330 e. The number of rotatable bonds is 4. The van der Waals surface area contributed by atoms with Gasteiger partial charge in [-0.05, 0) is 24.7 Å². The molecule has 2 nitrogen and oxygen atoms in total. The van der Waals surface area contributed by atoms with Gasteiger partial charge in [-0.25, -0.2) is 0 Å². The van der Waals surface area contributed by atoms with Crippen molar-refractivity contribution in [3.05, 3.63) is 34.9 Å². The van der Waals surface area contributed by atoms with E-state index in [0.29, 0.717) is 12.5 Å². The Morgan fingerprint density at radius 1 is 1.54 bits per heavy atom. The Morgan fingerprint density at radius 2 is 2.31 bits per heavy atom. The summed E-state index contributed by atoms with van der Waals surface area (Å²) in [7, 11) is 1.92. The number of likely N-dealkylation sites (N-methyl/N-ethyl adjacent to an activating group) is 1. The molecule has 13 heavy (non-hydrogen) atoms. The zero-order chi connectivity index (χ0) is 9.68. The molecule has 0 spiro atoms. The third kappa shape index (κ3) is 2.99. The van der Waals surface area contributed by atoms with Gasteiger partial charge in [0.2, 0.25) is 0 Å². The van der Waals surface area contributed by atoms with Gasteiger partial charge in [0.25, 0.3) is 0 Å². The Balaban J connectivity index is 2.78. The number of benzene rings is 1. The molecule has 1 atom stereocenters. The van der Waals surface area contributed by atoms with Gasteiger partial charge in [0, 0.05) is 24.0 Å². The topological polar surface area (TPSA) is 38.0 Å². The van der Waals surface area contributed by atoms with Crippen molar-refractivity contribution in [3.8, 4) is 0 Å². The summed E-state index contributed by atoms with van der Waals surface area (Å²) in [6.45, 7) is 1.53. The van der Waals surface area contributed by atoms with Crippen LogP contribution in [0.15, 0.2) is 24.3 Å². The van der Waals surface area contributed by atoms with Crippen LogP contribution < -0.4 is 11.1 Å². The summed E-state index contributed by atoms with van der Waals surface area (Å²) in [6.07, 6.45) is 0. The highest BCUT2D eigenvalue weighted by Gasteiger charge is 2.07. The maximum atomic E-state index is 5.88. The fourth-order valence-corrected chi connectivity index (χ4v) is 1.54. The SMILES string of the molecule is CNCC(CN)c1cccc(Cl)c1. The molecule has 0 aliphatic heterocycles. The minimum atomic E-state index is 0.351. The summed E-state index contributed by atoms with van der Waals surface area (Å²) in [5.41, 5.74) is 6.86. The number of hydrogen-bond acceptors (Lipinski definition) is 2. The second-order valence-corrected chi connectivity index (χ2v) is 3.48. The van der Waals surface area contributed by atoms with Crippen molar-refractivity contribution >= 4 is 11.6 Å². The zero-order valence-electron chi connectivity index (χ0n) is 7.76. The van der Waals surface area contributed by atoms with E-state index in [1.54, 1.807) is 0 Å². The Hall–Kier alpha value is -0.570. The molecule has 3 N–H and O–H groups in total. The van der Waals surface area contributed by atoms with Crippen LogP contribution in [0.2, 0.25) is 5.02 Å². The molecule has 0 aromatic heterocycles. The molecule has 1 aromatic rings. The van der Waals surface area contributed by atoms with Gasteiger partial charge in [-0.1, -0.05) is 23.7 Å². The van der Waals surface area contributed by atoms with Crippen molar-refractivity contribution in [2.24, 2.45) is 5.73 Å². The molecular weight excluding hydrogens is 184 g/mol. The third-order valence-electron chi connectivity index (χ3n) is 2.06. The monoisotopic (exact) mass is 198 g/mol. The fourth-order valence-electron chi connectivity index (χ4n) is 1.34. The van der Waals surface area contributed by atoms with Crippen LogP contribution in [-0.2, 0) is 0 Å². The summed E-state index contributed by atoms with van der Waals surface area (Å²) in [6, 6.07) is 7.85. The van der Waals surface area contributed by atoms with E-state index in [0.717, 1.165) is 11.6 Å². The quantitative estimate of drug-likeness (QED) is 0.772. The van der Waals surface area contributed by atoms with E-state index in [4.69, 9.17) is 17.3 Å². The molecule has 1 unspecified atom stereocenters. The zero-order valence-corrected chi connectivity index (χ0v) is 8.51. The molecule has 0 saturated carbocycles. The molecule has 0 fully saturated rings. The largest absolute Gasteiger partial charge is 0.330 e. The second kappa shape index (κ2) is 5.22. The van der Waals surface area contributed by atoms with Gasteiger partial charge in [-0.2, -0.15) is 0 Å². The van der Waals surface area contributed by atoms with E-state index in [-0.39, 0.29) is 0 Å². The molecule has 0 radical (unpaired) electrons. The average Bonchev–Trinajstić information content (AvgIpc) is 2.14. The first-order valence-electron chi connectivity index (χ1n) is 4.38. The van der Waals surface area contributed by atoms with Crippen molar-refractivity contribution in [1.82, 2.24) is 5.32 Å². The van der Waals surface area contributed by atoms with Crippen molar-refractivity contribution in [2.45, 2.75) is 5.92 Å². The highest BCUT2D eigenvalue weighted by Crippen LogP contribution is 2.18. The third-order valence-corrected chi connectivity index (χ3v) is 2.29. The fraction of sp³-hybridized carbons (Fsp3) is 0.400. The van der Waals surface area contributed by atoms with Gasteiger partial charge in [0.15, 0.2) is 0 Å². The predicted molar refractivity (Wildman–Crippen MR) is 57.2 cm³/mol. The maximum Gasteiger partial charge on any atom is 0.0408 e. The van der Waals surface area contributed by atoms with Crippen LogP contribution in [0.25, 0.3) is 0 Å². The molecule has 0 aliphatic rings. The smallest absolute Gasteiger partial charge is 0.0408 e. The summed E-state index contributed by atoms with van der Waals surface area (Å²) in [5.74, 6) is 0.351. The van der Waals surface area contributed by atoms with Gasteiger partial charge in [0.1, 0.15) is 0 Å². The molecule has 3 heteroatoms. The Bertz CT molecular complexity index is 263. The van der Waals surface area contributed by atoms with Gasteiger partial charge < -0.3 is 11.1 Å². The summed E-state index contributed by atoms with van der Waals surface area (Å²) >= 11 is 5.88. The van der Waals surface area contributed by atoms with Crippen molar-refractivity contribution in [2.75, 3.05) is 20.1 Å². The van der Waals surface area contributed by atoms with Gasteiger partial charge in [0.05, 0.1) is 0 Å². The van der Waals surface area contributed by atoms with E-state index >= 15 is 0 Å². The summed E-state index contributed by atoms with van der Waals surface area (Å²) in [4.78, 5) is 0. The van der Waals surface area contributed by atoms with E-state index in [9.17, 15) is 0 Å². The molecular formula is C10H15ClN2. The average molecular weight is 199 g/mol. The minimum absolute atomic E-state index is 0.351. The van der Waals surface area contributed by atoms with Crippen molar-refractivity contribution in [1.29, 1.82) is 0 Å². The van der Waals surface area contributed by atoms with Gasteiger partial charge >= 0.3 is 0 Å².